The second-order valence-corrected chi connectivity index (χ2v) is 7.04. The van der Waals surface area contributed by atoms with Crippen molar-refractivity contribution in [1.82, 2.24) is 5.32 Å². The molecule has 6 heteroatoms. The summed E-state index contributed by atoms with van der Waals surface area (Å²) in [6.45, 7) is 5.32. The molecule has 0 saturated carbocycles. The zero-order valence-corrected chi connectivity index (χ0v) is 15.8. The zero-order chi connectivity index (χ0) is 16.8. The van der Waals surface area contributed by atoms with Crippen LogP contribution in [-0.4, -0.2) is 36.0 Å². The number of nitrogens with zero attached hydrogens (tertiary/aromatic N) is 2. The van der Waals surface area contributed by atoms with Crippen molar-refractivity contribution in [3.05, 3.63) is 40.5 Å². The summed E-state index contributed by atoms with van der Waals surface area (Å²) < 4.78 is 1.06. The van der Waals surface area contributed by atoms with E-state index in [1.54, 1.807) is 6.20 Å². The van der Waals surface area contributed by atoms with E-state index in [1.807, 2.05) is 13.0 Å². The number of hydrogen-bond donors (Lipinski definition) is 3. The van der Waals surface area contributed by atoms with Crippen LogP contribution in [0, 0.1) is 0 Å². The van der Waals surface area contributed by atoms with Crippen LogP contribution in [0.2, 0.25) is 0 Å². The lowest BCUT2D eigenvalue weighted by Gasteiger charge is -2.36. The van der Waals surface area contributed by atoms with Gasteiger partial charge in [-0.1, -0.05) is 28.1 Å². The Hall–Kier alpha value is -0.820. The minimum absolute atomic E-state index is 0.102. The minimum Gasteiger partial charge on any atom is -0.393 e. The molecule has 1 aliphatic heterocycles. The maximum atomic E-state index is 9.88. The summed E-state index contributed by atoms with van der Waals surface area (Å²) in [6, 6.07) is 6.65. The monoisotopic (exact) mass is 397 g/mol. The van der Waals surface area contributed by atoms with Gasteiger partial charge in [-0.2, -0.15) is 12.6 Å². The lowest BCUT2D eigenvalue weighted by atomic mass is 10.0. The van der Waals surface area contributed by atoms with Gasteiger partial charge in [0.2, 0.25) is 0 Å². The Labute approximate surface area is 152 Å². The Bertz CT molecular complexity index is 565. The van der Waals surface area contributed by atoms with Gasteiger partial charge in [0, 0.05) is 34.7 Å². The molecule has 1 heterocycles. The Morgan fingerprint density at radius 2 is 2.39 bits per heavy atom. The van der Waals surface area contributed by atoms with Gasteiger partial charge < -0.3 is 10.0 Å². The maximum Gasteiger partial charge on any atom is 0.0841 e. The van der Waals surface area contributed by atoms with Crippen molar-refractivity contribution in [2.75, 3.05) is 10.8 Å². The van der Waals surface area contributed by atoms with Crippen molar-refractivity contribution in [3.63, 3.8) is 0 Å². The highest BCUT2D eigenvalue weighted by molar-refractivity contribution is 9.10. The summed E-state index contributed by atoms with van der Waals surface area (Å²) in [5.74, 6) is 0.585. The molecule has 0 fully saturated rings. The number of benzene rings is 1. The van der Waals surface area contributed by atoms with Crippen molar-refractivity contribution in [2.45, 2.75) is 44.5 Å². The Morgan fingerprint density at radius 3 is 3.04 bits per heavy atom. The molecule has 4 nitrogen and oxygen atoms in total. The average Bonchev–Trinajstić information content (AvgIpc) is 2.83. The van der Waals surface area contributed by atoms with Crippen LogP contribution >= 0.6 is 28.6 Å². The molecule has 0 saturated heterocycles. The number of rotatable bonds is 8. The van der Waals surface area contributed by atoms with Gasteiger partial charge in [0.05, 0.1) is 12.3 Å². The average molecular weight is 398 g/mol. The fourth-order valence-electron chi connectivity index (χ4n) is 3.18. The number of nitrogens with one attached hydrogen (secondary N) is 1. The molecule has 2 rings (SSSR count). The van der Waals surface area contributed by atoms with E-state index in [4.69, 9.17) is 0 Å². The molecule has 23 heavy (non-hydrogen) atoms. The lowest BCUT2D eigenvalue weighted by molar-refractivity contribution is 0.172. The molecule has 0 radical (unpaired) electrons. The Balaban J connectivity index is 2.32. The standard InChI is InChI=1S/C17H24BrN3OS/c1-12(22)8-15-9-13-5-6-14(18)10-16(13)21(15)17(20-11-23)4-3-7-19-2/h3,5-7,10,12,15,17,20,22-23H,2,4,8-9,11H2,1H3/b7-3-. The van der Waals surface area contributed by atoms with Gasteiger partial charge in [0.25, 0.3) is 0 Å². The van der Waals surface area contributed by atoms with Gasteiger partial charge in [0.15, 0.2) is 0 Å². The van der Waals surface area contributed by atoms with Crippen molar-refractivity contribution in [2.24, 2.45) is 4.99 Å². The number of fused-ring (bicyclic) bond motifs is 1. The lowest BCUT2D eigenvalue weighted by Crippen LogP contribution is -2.49. The topological polar surface area (TPSA) is 47.9 Å². The summed E-state index contributed by atoms with van der Waals surface area (Å²) in [5, 5.41) is 13.3. The van der Waals surface area contributed by atoms with Crippen LogP contribution in [0.4, 0.5) is 5.69 Å². The number of aliphatic hydroxyl groups excluding tert-OH is 1. The van der Waals surface area contributed by atoms with E-state index in [0.717, 1.165) is 23.7 Å². The molecular weight excluding hydrogens is 374 g/mol. The number of anilines is 1. The van der Waals surface area contributed by atoms with E-state index in [-0.39, 0.29) is 18.3 Å². The van der Waals surface area contributed by atoms with Gasteiger partial charge in [-0.25, -0.2) is 0 Å². The van der Waals surface area contributed by atoms with Crippen LogP contribution in [-0.2, 0) is 6.42 Å². The summed E-state index contributed by atoms with van der Waals surface area (Å²) >= 11 is 7.90. The van der Waals surface area contributed by atoms with Gasteiger partial charge >= 0.3 is 0 Å². The van der Waals surface area contributed by atoms with Crippen LogP contribution < -0.4 is 10.2 Å². The van der Waals surface area contributed by atoms with E-state index in [9.17, 15) is 5.11 Å². The normalized spacial score (nSPS) is 19.8. The maximum absolute atomic E-state index is 9.88. The van der Waals surface area contributed by atoms with Gasteiger partial charge in [0.1, 0.15) is 0 Å². The highest BCUT2D eigenvalue weighted by Gasteiger charge is 2.34. The number of thiol groups is 1. The molecule has 1 aromatic rings. The van der Waals surface area contributed by atoms with E-state index < -0.39 is 0 Å². The Morgan fingerprint density at radius 1 is 1.61 bits per heavy atom. The highest BCUT2D eigenvalue weighted by atomic mass is 79.9. The van der Waals surface area contributed by atoms with Crippen LogP contribution in [0.1, 0.15) is 25.3 Å². The van der Waals surface area contributed by atoms with Crippen molar-refractivity contribution in [3.8, 4) is 0 Å². The number of aliphatic hydroxyl groups is 1. The summed E-state index contributed by atoms with van der Waals surface area (Å²) in [5.41, 5.74) is 2.53. The van der Waals surface area contributed by atoms with Crippen LogP contribution in [0.15, 0.2) is 39.9 Å². The molecule has 3 unspecified atom stereocenters. The number of halogens is 1. The third kappa shape index (κ3) is 4.83. The van der Waals surface area contributed by atoms with E-state index in [2.05, 4.69) is 68.7 Å². The molecular formula is C17H24BrN3OS. The van der Waals surface area contributed by atoms with Crippen LogP contribution in [0.3, 0.4) is 0 Å². The summed E-state index contributed by atoms with van der Waals surface area (Å²) in [6.07, 6.45) is 5.97. The molecule has 2 N–H and O–H groups in total. The first-order chi connectivity index (χ1) is 11.1. The first kappa shape index (κ1) is 18.5. The third-order valence-electron chi connectivity index (χ3n) is 4.02. The van der Waals surface area contributed by atoms with Crippen molar-refractivity contribution in [1.29, 1.82) is 0 Å². The predicted octanol–water partition coefficient (Wildman–Crippen LogP) is 3.36. The van der Waals surface area contributed by atoms with E-state index in [0.29, 0.717) is 5.88 Å². The largest absolute Gasteiger partial charge is 0.393 e. The van der Waals surface area contributed by atoms with Gasteiger partial charge in [-0.15, -0.1) is 0 Å². The van der Waals surface area contributed by atoms with Crippen molar-refractivity contribution < 1.29 is 5.11 Å². The molecule has 0 aromatic heterocycles. The fourth-order valence-corrected chi connectivity index (χ4v) is 3.74. The second-order valence-electron chi connectivity index (χ2n) is 5.80. The van der Waals surface area contributed by atoms with Gasteiger partial charge in [-0.3, -0.25) is 10.3 Å². The van der Waals surface area contributed by atoms with E-state index >= 15 is 0 Å². The minimum atomic E-state index is -0.331. The fraction of sp³-hybridized carbons (Fsp3) is 0.471. The SMILES string of the molecule is C=N/C=C\CC(NCS)N1c2cc(Br)ccc2CC1CC(C)O. The van der Waals surface area contributed by atoms with E-state index in [1.165, 1.54) is 11.3 Å². The quantitative estimate of drug-likeness (QED) is 0.358. The van der Waals surface area contributed by atoms with Crippen LogP contribution in [0.25, 0.3) is 0 Å². The smallest absolute Gasteiger partial charge is 0.0841 e. The summed E-state index contributed by atoms with van der Waals surface area (Å²) in [4.78, 5) is 6.15. The van der Waals surface area contributed by atoms with Crippen LogP contribution in [0.5, 0.6) is 0 Å². The third-order valence-corrected chi connectivity index (χ3v) is 4.70. The number of hydrogen-bond acceptors (Lipinski definition) is 5. The molecule has 0 spiro atoms. The zero-order valence-electron chi connectivity index (χ0n) is 13.3. The molecule has 0 amide bonds. The first-order valence-electron chi connectivity index (χ1n) is 7.76. The predicted molar refractivity (Wildman–Crippen MR) is 104 cm³/mol. The molecule has 126 valence electrons. The molecule has 0 bridgehead atoms. The molecule has 1 aromatic carbocycles. The Kier molecular flexibility index (Phi) is 7.14. The van der Waals surface area contributed by atoms with Crippen molar-refractivity contribution >= 4 is 41.0 Å². The van der Waals surface area contributed by atoms with Gasteiger partial charge in [-0.05, 0) is 44.2 Å². The molecule has 0 aliphatic carbocycles. The molecule has 3 atom stereocenters. The summed E-state index contributed by atoms with van der Waals surface area (Å²) in [7, 11) is 0. The number of aliphatic imine (C=N–C) groups is 1. The first-order valence-corrected chi connectivity index (χ1v) is 9.19. The second kappa shape index (κ2) is 8.87. The molecule has 1 aliphatic rings. The highest BCUT2D eigenvalue weighted by Crippen LogP contribution is 2.37.